The molecule has 24 heavy (non-hydrogen) atoms. The van der Waals surface area contributed by atoms with E-state index in [2.05, 4.69) is 0 Å². The predicted octanol–water partition coefficient (Wildman–Crippen LogP) is -2.88. The summed E-state index contributed by atoms with van der Waals surface area (Å²) in [5.74, 6) is 0.0216. The van der Waals surface area contributed by atoms with Crippen LogP contribution in [-0.4, -0.2) is 73.8 Å². The molecule has 0 amide bonds. The molecule has 1 aromatic carbocycles. The van der Waals surface area contributed by atoms with Crippen molar-refractivity contribution in [2.75, 3.05) is 6.61 Å². The smallest absolute Gasteiger partial charge is 0.188 e. The fourth-order valence-corrected chi connectivity index (χ4v) is 2.15. The number of hydrogen-bond acceptors (Lipinski definition) is 8. The van der Waals surface area contributed by atoms with E-state index in [1.54, 1.807) is 0 Å². The maximum absolute atomic E-state index is 9.87. The van der Waals surface area contributed by atoms with Crippen LogP contribution in [0.4, 0.5) is 0 Å². The highest BCUT2D eigenvalue weighted by molar-refractivity contribution is 5.29. The van der Waals surface area contributed by atoms with Crippen molar-refractivity contribution in [1.82, 2.24) is 0 Å². The third-order valence-corrected chi connectivity index (χ3v) is 3.43. The lowest BCUT2D eigenvalue weighted by molar-refractivity contribution is -0.307. The first-order valence-corrected chi connectivity index (χ1v) is 6.62. The lowest BCUT2D eigenvalue weighted by Gasteiger charge is -2.40. The molecule has 1 aliphatic heterocycles. The zero-order valence-corrected chi connectivity index (χ0v) is 12.5. The average molecular weight is 347 g/mol. The zero-order valence-electron chi connectivity index (χ0n) is 12.5. The van der Waals surface area contributed by atoms with E-state index >= 15 is 0 Å². The monoisotopic (exact) mass is 347 g/mol. The SMILES string of the molecule is N#C[C@H](O[C@@H]1O[C@H](CO)[C@@H](O)[C@H](O)[C@H]1O)c1ccc(O)cc1.O.O. The Kier molecular flexibility index (Phi) is 8.76. The fraction of sp³-hybridized carbons (Fsp3) is 0.500. The van der Waals surface area contributed by atoms with Crippen molar-refractivity contribution in [3.8, 4) is 11.8 Å². The second-order valence-electron chi connectivity index (χ2n) is 4.93. The lowest BCUT2D eigenvalue weighted by Crippen LogP contribution is -2.59. The van der Waals surface area contributed by atoms with Crippen LogP contribution in [0.5, 0.6) is 5.75 Å². The van der Waals surface area contributed by atoms with Gasteiger partial charge in [0.05, 0.1) is 12.7 Å². The number of phenols is 1. The number of aliphatic hydroxyl groups is 4. The molecule has 1 aliphatic rings. The van der Waals surface area contributed by atoms with Gasteiger partial charge in [0.15, 0.2) is 12.4 Å². The van der Waals surface area contributed by atoms with E-state index in [0.717, 1.165) is 0 Å². The number of benzene rings is 1. The molecule has 0 spiro atoms. The Bertz CT molecular complexity index is 530. The van der Waals surface area contributed by atoms with Crippen molar-refractivity contribution in [3.63, 3.8) is 0 Å². The molecular formula is C14H21NO9. The maximum atomic E-state index is 9.87. The molecule has 10 nitrogen and oxygen atoms in total. The van der Waals surface area contributed by atoms with Crippen LogP contribution in [0.15, 0.2) is 24.3 Å². The van der Waals surface area contributed by atoms with E-state index < -0.39 is 43.4 Å². The molecule has 1 aromatic rings. The van der Waals surface area contributed by atoms with Gasteiger partial charge in [0.1, 0.15) is 30.2 Å². The molecule has 10 heteroatoms. The standard InChI is InChI=1S/C14H17NO7.2H2O/c15-5-9(7-1-3-8(17)4-2-7)21-14-13(20)12(19)11(18)10(6-16)22-14;;/h1-4,9-14,16-20H,6H2;2*1H2/t9-,10+,11+,12-,13+,14+;;/m0../s1. The van der Waals surface area contributed by atoms with Gasteiger partial charge in [-0.15, -0.1) is 0 Å². The molecule has 6 atom stereocenters. The molecule has 136 valence electrons. The average Bonchev–Trinajstić information content (AvgIpc) is 2.53. The number of hydrogen-bond donors (Lipinski definition) is 5. The van der Waals surface area contributed by atoms with Crippen molar-refractivity contribution in [2.24, 2.45) is 0 Å². The van der Waals surface area contributed by atoms with Crippen LogP contribution in [0.2, 0.25) is 0 Å². The normalized spacial score (nSPS) is 30.4. The molecule has 0 aromatic heterocycles. The maximum Gasteiger partial charge on any atom is 0.188 e. The first kappa shape index (κ1) is 22.2. The van der Waals surface area contributed by atoms with Crippen LogP contribution in [0.3, 0.4) is 0 Å². The van der Waals surface area contributed by atoms with E-state index in [0.29, 0.717) is 5.56 Å². The highest BCUT2D eigenvalue weighted by atomic mass is 16.7. The molecule has 1 fully saturated rings. The van der Waals surface area contributed by atoms with Crippen LogP contribution >= 0.6 is 0 Å². The first-order chi connectivity index (χ1) is 10.5. The predicted molar refractivity (Wildman–Crippen MR) is 78.5 cm³/mol. The van der Waals surface area contributed by atoms with Crippen molar-refractivity contribution < 1.29 is 46.0 Å². The molecular weight excluding hydrogens is 326 g/mol. The van der Waals surface area contributed by atoms with E-state index in [1.807, 2.05) is 6.07 Å². The summed E-state index contributed by atoms with van der Waals surface area (Å²) in [4.78, 5) is 0. The van der Waals surface area contributed by atoms with Crippen LogP contribution in [0, 0.1) is 11.3 Å². The summed E-state index contributed by atoms with van der Waals surface area (Å²) in [5, 5.41) is 56.7. The van der Waals surface area contributed by atoms with Gasteiger partial charge >= 0.3 is 0 Å². The van der Waals surface area contributed by atoms with E-state index in [-0.39, 0.29) is 16.7 Å². The number of aliphatic hydroxyl groups excluding tert-OH is 4. The lowest BCUT2D eigenvalue weighted by atomic mass is 9.99. The van der Waals surface area contributed by atoms with Gasteiger partial charge in [-0.2, -0.15) is 5.26 Å². The molecule has 0 bridgehead atoms. The fourth-order valence-electron chi connectivity index (χ4n) is 2.15. The summed E-state index contributed by atoms with van der Waals surface area (Å²) < 4.78 is 10.5. The summed E-state index contributed by atoms with van der Waals surface area (Å²) in [6.45, 7) is -0.582. The number of nitriles is 1. The molecule has 9 N–H and O–H groups in total. The topological polar surface area (TPSA) is 206 Å². The molecule has 0 saturated carbocycles. The summed E-state index contributed by atoms with van der Waals surface area (Å²) >= 11 is 0. The third kappa shape index (κ3) is 4.60. The van der Waals surface area contributed by atoms with Gasteiger partial charge in [-0.25, -0.2) is 0 Å². The number of rotatable bonds is 4. The summed E-state index contributed by atoms with van der Waals surface area (Å²) in [5.41, 5.74) is 0.414. The number of phenolic OH excluding ortho intramolecular Hbond substituents is 1. The van der Waals surface area contributed by atoms with Crippen molar-refractivity contribution in [2.45, 2.75) is 36.8 Å². The van der Waals surface area contributed by atoms with Crippen molar-refractivity contribution in [1.29, 1.82) is 5.26 Å². The highest BCUT2D eigenvalue weighted by Gasteiger charge is 2.44. The van der Waals surface area contributed by atoms with Crippen LogP contribution in [0.25, 0.3) is 0 Å². The summed E-state index contributed by atoms with van der Waals surface area (Å²) in [6.07, 6.45) is -8.27. The minimum atomic E-state index is -1.58. The van der Waals surface area contributed by atoms with E-state index in [1.165, 1.54) is 24.3 Å². The van der Waals surface area contributed by atoms with Gasteiger partial charge < -0.3 is 46.0 Å². The molecule has 1 heterocycles. The van der Waals surface area contributed by atoms with Crippen LogP contribution in [0.1, 0.15) is 11.7 Å². The number of aromatic hydroxyl groups is 1. The van der Waals surface area contributed by atoms with Gasteiger partial charge in [0.2, 0.25) is 0 Å². The van der Waals surface area contributed by atoms with Gasteiger partial charge in [0.25, 0.3) is 0 Å². The highest BCUT2D eigenvalue weighted by Crippen LogP contribution is 2.27. The zero-order chi connectivity index (χ0) is 16.3. The molecule has 0 aliphatic carbocycles. The largest absolute Gasteiger partial charge is 0.508 e. The second-order valence-corrected chi connectivity index (χ2v) is 4.93. The molecule has 1 saturated heterocycles. The summed E-state index contributed by atoms with van der Waals surface area (Å²) in [7, 11) is 0. The Balaban J connectivity index is 0.00000264. The summed E-state index contributed by atoms with van der Waals surface area (Å²) in [6, 6.07) is 7.54. The van der Waals surface area contributed by atoms with Crippen molar-refractivity contribution >= 4 is 0 Å². The second kappa shape index (κ2) is 9.48. The quantitative estimate of drug-likeness (QED) is 0.381. The Labute approximate surface area is 137 Å². The number of nitrogens with zero attached hydrogens (tertiary/aromatic N) is 1. The van der Waals surface area contributed by atoms with Gasteiger partial charge in [0, 0.05) is 0 Å². The minimum Gasteiger partial charge on any atom is -0.508 e. The molecule has 0 radical (unpaired) electrons. The minimum absolute atomic E-state index is 0. The number of ether oxygens (including phenoxy) is 2. The Morgan fingerprint density at radius 3 is 2.17 bits per heavy atom. The van der Waals surface area contributed by atoms with Crippen LogP contribution < -0.4 is 0 Å². The molecule has 0 unspecified atom stereocenters. The Hall–Kier alpha value is -1.81. The van der Waals surface area contributed by atoms with E-state index in [9.17, 15) is 25.7 Å². The van der Waals surface area contributed by atoms with Gasteiger partial charge in [-0.05, 0) is 17.7 Å². The molecule has 2 rings (SSSR count). The van der Waals surface area contributed by atoms with Crippen LogP contribution in [-0.2, 0) is 9.47 Å². The van der Waals surface area contributed by atoms with Gasteiger partial charge in [-0.3, -0.25) is 0 Å². The Morgan fingerprint density at radius 2 is 1.67 bits per heavy atom. The first-order valence-electron chi connectivity index (χ1n) is 6.62. The Morgan fingerprint density at radius 1 is 1.08 bits per heavy atom. The van der Waals surface area contributed by atoms with Crippen molar-refractivity contribution in [3.05, 3.63) is 29.8 Å². The third-order valence-electron chi connectivity index (χ3n) is 3.43. The van der Waals surface area contributed by atoms with Gasteiger partial charge in [-0.1, -0.05) is 12.1 Å². The van der Waals surface area contributed by atoms with E-state index in [4.69, 9.17) is 14.6 Å².